The number of allylic oxidation sites excluding steroid dienone is 3. The first-order valence-corrected chi connectivity index (χ1v) is 23.8. The van der Waals surface area contributed by atoms with Crippen molar-refractivity contribution < 1.29 is 72.1 Å². The molecule has 69 heavy (non-hydrogen) atoms. The summed E-state index contributed by atoms with van der Waals surface area (Å²) >= 11 is 6.82. The molecule has 4 N–H and O–H groups in total. The van der Waals surface area contributed by atoms with Gasteiger partial charge in [0.25, 0.3) is 0 Å². The molecule has 4 amide bonds. The van der Waals surface area contributed by atoms with E-state index < -0.39 is 77.5 Å². The van der Waals surface area contributed by atoms with Gasteiger partial charge in [-0.25, -0.2) is 9.59 Å². The Balaban J connectivity index is 1.33. The van der Waals surface area contributed by atoms with Gasteiger partial charge in [0.2, 0.25) is 17.7 Å². The summed E-state index contributed by atoms with van der Waals surface area (Å²) in [6.07, 6.45) is 2.05. The Bertz CT molecular complexity index is 2070. The number of carboxylic acid groups (broad SMARTS) is 1. The minimum absolute atomic E-state index is 0.0577. The van der Waals surface area contributed by atoms with E-state index in [4.69, 9.17) is 49.9 Å². The molecule has 0 saturated carbocycles. The number of likely N-dealkylation sites (N-methyl/N-ethyl adjacent to an activating group) is 1. The second-order valence-corrected chi connectivity index (χ2v) is 19.0. The van der Waals surface area contributed by atoms with Gasteiger partial charge in [-0.3, -0.25) is 24.5 Å². The predicted octanol–water partition coefficient (Wildman–Crippen LogP) is 3.53. The maximum Gasteiger partial charge on any atom is 0.409 e. The minimum Gasteiger partial charge on any atom is -0.495 e. The van der Waals surface area contributed by atoms with Gasteiger partial charge >= 0.3 is 18.0 Å². The maximum absolute atomic E-state index is 14.4. The summed E-state index contributed by atoms with van der Waals surface area (Å²) in [6, 6.07) is 2.32. The van der Waals surface area contributed by atoms with Crippen molar-refractivity contribution in [1.82, 2.24) is 20.4 Å². The zero-order chi connectivity index (χ0) is 50.7. The lowest BCUT2D eigenvalue weighted by atomic mass is 9.72. The lowest BCUT2D eigenvalue weighted by Gasteiger charge is -2.59. The van der Waals surface area contributed by atoms with Gasteiger partial charge in [0.05, 0.1) is 52.1 Å². The van der Waals surface area contributed by atoms with Gasteiger partial charge in [-0.15, -0.1) is 0 Å². The van der Waals surface area contributed by atoms with Crippen LogP contribution in [0.2, 0.25) is 5.02 Å². The molecular formula is C48H70ClN5O15. The first-order valence-electron chi connectivity index (χ1n) is 23.4. The van der Waals surface area contributed by atoms with E-state index in [-0.39, 0.29) is 82.0 Å². The average molecular weight is 993 g/mol. The number of methoxy groups -OCH3 is 2. The number of carboxylic acids is 1. The molecule has 5 heterocycles. The van der Waals surface area contributed by atoms with Crippen LogP contribution in [-0.4, -0.2) is 177 Å². The molecule has 6 bridgehead atoms. The Morgan fingerprint density at radius 1 is 1.00 bits per heavy atom. The number of nitrogens with one attached hydrogen (secondary N) is 2. The Hall–Kier alpha value is -4.83. The fourth-order valence-corrected chi connectivity index (χ4v) is 9.63. The van der Waals surface area contributed by atoms with Crippen molar-refractivity contribution in [2.24, 2.45) is 0 Å². The molecule has 20 nitrogen and oxygen atoms in total. The van der Waals surface area contributed by atoms with Crippen LogP contribution in [0.25, 0.3) is 0 Å². The highest BCUT2D eigenvalue weighted by molar-refractivity contribution is 6.35. The molecule has 0 aromatic heterocycles. The van der Waals surface area contributed by atoms with E-state index in [1.165, 1.54) is 38.0 Å². The number of benzene rings is 1. The molecule has 0 radical (unpaired) electrons. The topological polar surface area (TPSA) is 241 Å². The lowest BCUT2D eigenvalue weighted by molar-refractivity contribution is -0.328. The molecule has 0 aliphatic carbocycles. The van der Waals surface area contributed by atoms with Crippen molar-refractivity contribution in [2.45, 2.75) is 133 Å². The van der Waals surface area contributed by atoms with Crippen molar-refractivity contribution in [1.29, 1.82) is 0 Å². The number of esters is 1. The quantitative estimate of drug-likeness (QED) is 0.122. The summed E-state index contributed by atoms with van der Waals surface area (Å²) in [5.41, 5.74) is -2.45. The molecule has 21 heteroatoms. The number of hydrogen-bond donors (Lipinski definition) is 4. The number of ether oxygens (including phenoxy) is 7. The number of amides is 4. The Morgan fingerprint density at radius 3 is 2.32 bits per heavy atom. The van der Waals surface area contributed by atoms with E-state index in [1.807, 2.05) is 13.0 Å². The lowest BCUT2D eigenvalue weighted by Crippen LogP contribution is -2.72. The molecule has 0 spiro atoms. The number of aliphatic hydroxyl groups is 1. The van der Waals surface area contributed by atoms with E-state index in [0.29, 0.717) is 17.9 Å². The van der Waals surface area contributed by atoms with Crippen molar-refractivity contribution in [3.05, 3.63) is 46.5 Å². The second kappa shape index (κ2) is 24.3. The molecule has 1 aromatic carbocycles. The van der Waals surface area contributed by atoms with Crippen LogP contribution in [0.1, 0.15) is 84.6 Å². The summed E-state index contributed by atoms with van der Waals surface area (Å²) in [6.45, 7) is 9.24. The van der Waals surface area contributed by atoms with Gasteiger partial charge in [0, 0.05) is 59.5 Å². The van der Waals surface area contributed by atoms with Crippen LogP contribution >= 0.6 is 11.6 Å². The molecule has 7 atom stereocenters. The number of carbonyl (C=O) groups excluding carboxylic acids is 5. The fraction of sp³-hybridized carbons (Fsp3) is 0.667. The molecule has 5 aliphatic heterocycles. The van der Waals surface area contributed by atoms with Gasteiger partial charge in [0.1, 0.15) is 46.3 Å². The van der Waals surface area contributed by atoms with Crippen LogP contribution in [0, 0.1) is 0 Å². The highest BCUT2D eigenvalue weighted by Gasteiger charge is 2.63. The van der Waals surface area contributed by atoms with Gasteiger partial charge in [-0.2, -0.15) is 0 Å². The molecule has 5 aliphatic rings. The molecule has 3 saturated heterocycles. The first kappa shape index (κ1) is 55.1. The number of rotatable bonds is 18. The summed E-state index contributed by atoms with van der Waals surface area (Å²) in [7, 11) is 5.86. The van der Waals surface area contributed by atoms with E-state index in [9.17, 15) is 33.9 Å². The van der Waals surface area contributed by atoms with Crippen LogP contribution in [-0.2, 0) is 58.8 Å². The van der Waals surface area contributed by atoms with Crippen LogP contribution in [0.15, 0.2) is 35.9 Å². The van der Waals surface area contributed by atoms with E-state index >= 15 is 0 Å². The van der Waals surface area contributed by atoms with Crippen LogP contribution < -0.4 is 20.3 Å². The largest absolute Gasteiger partial charge is 0.495 e. The molecule has 3 fully saturated rings. The minimum atomic E-state index is -1.91. The summed E-state index contributed by atoms with van der Waals surface area (Å²) < 4.78 is 40.7. The van der Waals surface area contributed by atoms with Crippen LogP contribution in [0.3, 0.4) is 0 Å². The zero-order valence-corrected chi connectivity index (χ0v) is 41.8. The molecule has 1 aromatic rings. The van der Waals surface area contributed by atoms with Gasteiger partial charge in [-0.05, 0) is 77.7 Å². The monoisotopic (exact) mass is 991 g/mol. The van der Waals surface area contributed by atoms with Crippen LogP contribution in [0.4, 0.5) is 10.5 Å². The first-order chi connectivity index (χ1) is 32.6. The number of nitrogens with zero attached hydrogens (tertiary/aromatic N) is 3. The van der Waals surface area contributed by atoms with Gasteiger partial charge in [0.15, 0.2) is 5.72 Å². The molecular weight excluding hydrogens is 922 g/mol. The van der Waals surface area contributed by atoms with Crippen LogP contribution in [0.5, 0.6) is 5.75 Å². The Morgan fingerprint density at radius 2 is 1.67 bits per heavy atom. The third-order valence-electron chi connectivity index (χ3n) is 13.4. The fourth-order valence-electron chi connectivity index (χ4n) is 9.32. The Kier molecular flexibility index (Phi) is 19.4. The van der Waals surface area contributed by atoms with Crippen molar-refractivity contribution in [3.63, 3.8) is 0 Å². The third kappa shape index (κ3) is 14.2. The molecule has 6 rings (SSSR count). The number of piperidine rings is 1. The zero-order valence-electron chi connectivity index (χ0n) is 41.0. The Labute approximate surface area is 408 Å². The number of anilines is 1. The number of fused-ring (bicyclic) bond motifs is 6. The predicted molar refractivity (Wildman–Crippen MR) is 252 cm³/mol. The third-order valence-corrected chi connectivity index (χ3v) is 13.7. The number of carbonyl (C=O) groups is 6. The smallest absolute Gasteiger partial charge is 0.409 e. The van der Waals surface area contributed by atoms with E-state index in [0.717, 1.165) is 37.1 Å². The highest BCUT2D eigenvalue weighted by atomic mass is 35.5. The number of aliphatic carboxylic acids is 1. The average Bonchev–Trinajstić information content (AvgIpc) is 3.29. The van der Waals surface area contributed by atoms with Crippen molar-refractivity contribution >= 4 is 53.0 Å². The standard InChI is InChI=1S/C48H70ClN5O15/c1-30-10-9-11-36(64-8)48(62)28-38(68-45(61)51-48)47(4)29-46(3,69-47)37(27-41(57)53(6)34-25-32(24-30)26-35(63-7)43(34)49)67-44(60)31(2)52(5)39(55)12-13-40(56)54(33-14-17-50-18-15-33)19-21-66-23-22-65-20-16-42(58)59/h9-11,25-26,31,33,36-38,50,62H,12-24,27-29H2,1-8H3,(H,51,61)(H,58,59)/b11-9+,30-10+/t31-,36+,37-,38-,46+,47+,48-/m0/s1. The summed E-state index contributed by atoms with van der Waals surface area (Å²) in [5.74, 6) is -2.67. The summed E-state index contributed by atoms with van der Waals surface area (Å²) in [4.78, 5) is 83.9. The number of halogens is 1. The number of hydrogen-bond acceptors (Lipinski definition) is 15. The van der Waals surface area contributed by atoms with Crippen molar-refractivity contribution in [2.75, 3.05) is 79.3 Å². The van der Waals surface area contributed by atoms with E-state index in [1.54, 1.807) is 50.1 Å². The second-order valence-electron chi connectivity index (χ2n) is 18.6. The van der Waals surface area contributed by atoms with Gasteiger partial charge in [-0.1, -0.05) is 35.4 Å². The van der Waals surface area contributed by atoms with Crippen molar-refractivity contribution in [3.8, 4) is 5.75 Å². The SMILES string of the molecule is COc1cc2cc(c1Cl)N(C)C(=O)C[C@H](OC(=O)[C@H](C)N(C)C(=O)CCC(=O)N(CCOCCOCCC(=O)O)C1CCNCC1)[C@@]1(C)C[C@@](C)(O1)[C@@H]1C[C@@](O)(NC(=O)O1)[C@H](OC)/C=C/C=C(\C)C2. The maximum atomic E-state index is 14.4. The normalized spacial score (nSPS) is 28.2. The van der Waals surface area contributed by atoms with E-state index in [2.05, 4.69) is 10.6 Å². The van der Waals surface area contributed by atoms with Gasteiger partial charge < -0.3 is 63.4 Å². The summed E-state index contributed by atoms with van der Waals surface area (Å²) in [5, 5.41) is 26.6. The number of alkyl carbamates (subject to hydrolysis) is 1. The molecule has 0 unspecified atom stereocenters. The molecule has 384 valence electrons. The highest BCUT2D eigenvalue weighted by Crippen LogP contribution is 2.50.